The van der Waals surface area contributed by atoms with Crippen molar-refractivity contribution in [3.05, 3.63) is 20.8 Å². The van der Waals surface area contributed by atoms with E-state index in [9.17, 15) is 4.79 Å². The molecule has 0 atom stereocenters. The minimum absolute atomic E-state index is 0.440. The van der Waals surface area contributed by atoms with Crippen molar-refractivity contribution in [2.45, 2.75) is 6.54 Å². The van der Waals surface area contributed by atoms with Gasteiger partial charge in [0, 0.05) is 37.6 Å². The molecule has 0 spiro atoms. The van der Waals surface area contributed by atoms with Crippen molar-refractivity contribution in [1.29, 1.82) is 0 Å². The van der Waals surface area contributed by atoms with Crippen LogP contribution in [0, 0.1) is 0 Å². The van der Waals surface area contributed by atoms with Crippen LogP contribution in [0.1, 0.15) is 14.5 Å². The third-order valence-electron chi connectivity index (χ3n) is 2.94. The van der Waals surface area contributed by atoms with Gasteiger partial charge >= 0.3 is 0 Å². The van der Waals surface area contributed by atoms with Crippen LogP contribution in [0.5, 0.6) is 0 Å². The van der Waals surface area contributed by atoms with E-state index in [0.717, 1.165) is 37.6 Å². The maximum atomic E-state index is 11.1. The van der Waals surface area contributed by atoms with E-state index in [-0.39, 0.29) is 0 Å². The molecule has 17 heavy (non-hydrogen) atoms. The maximum absolute atomic E-state index is 11.1. The molecule has 2 N–H and O–H groups in total. The summed E-state index contributed by atoms with van der Waals surface area (Å²) < 4.78 is 0. The van der Waals surface area contributed by atoms with Gasteiger partial charge in [0.25, 0.3) is 5.91 Å². The molecule has 1 aliphatic heterocycles. The van der Waals surface area contributed by atoms with Crippen molar-refractivity contribution in [3.8, 4) is 0 Å². The average molecular weight is 274 g/mol. The average Bonchev–Trinajstić information content (AvgIpc) is 2.63. The molecule has 1 fully saturated rings. The molecule has 0 aliphatic carbocycles. The molecule has 94 valence electrons. The van der Waals surface area contributed by atoms with Crippen LogP contribution in [-0.2, 0) is 6.54 Å². The van der Waals surface area contributed by atoms with Crippen LogP contribution in [0.2, 0.25) is 5.02 Å². The molecule has 4 nitrogen and oxygen atoms in total. The molecule has 1 saturated heterocycles. The number of nitrogens with two attached hydrogens (primary N) is 1. The van der Waals surface area contributed by atoms with E-state index in [1.165, 1.54) is 11.3 Å². The summed E-state index contributed by atoms with van der Waals surface area (Å²) in [4.78, 5) is 17.4. The SMILES string of the molecule is CN1CCN(Cc2cc(Cl)c(C(N)=O)s2)CC1. The number of nitrogens with zero attached hydrogens (tertiary/aromatic N) is 2. The molecule has 0 aromatic carbocycles. The molecule has 2 rings (SSSR count). The predicted octanol–water partition coefficient (Wildman–Crippen LogP) is 1.25. The molecule has 0 unspecified atom stereocenters. The first-order valence-electron chi connectivity index (χ1n) is 5.55. The summed E-state index contributed by atoms with van der Waals surface area (Å²) in [7, 11) is 2.13. The fourth-order valence-corrected chi connectivity index (χ4v) is 3.24. The van der Waals surface area contributed by atoms with Crippen LogP contribution in [0.4, 0.5) is 0 Å². The van der Waals surface area contributed by atoms with Gasteiger partial charge in [-0.1, -0.05) is 11.6 Å². The quantitative estimate of drug-likeness (QED) is 0.902. The number of rotatable bonds is 3. The first kappa shape index (κ1) is 12.8. The Bertz CT molecular complexity index is 413. The number of hydrogen-bond acceptors (Lipinski definition) is 4. The van der Waals surface area contributed by atoms with Crippen LogP contribution in [-0.4, -0.2) is 48.9 Å². The summed E-state index contributed by atoms with van der Waals surface area (Å²) in [5.41, 5.74) is 5.25. The lowest BCUT2D eigenvalue weighted by molar-refractivity contribution is 0.100. The van der Waals surface area contributed by atoms with E-state index in [0.29, 0.717) is 9.90 Å². The summed E-state index contributed by atoms with van der Waals surface area (Å²) in [6.07, 6.45) is 0. The summed E-state index contributed by atoms with van der Waals surface area (Å²) in [6, 6.07) is 1.85. The zero-order chi connectivity index (χ0) is 12.4. The van der Waals surface area contributed by atoms with Gasteiger partial charge in [0.2, 0.25) is 0 Å². The van der Waals surface area contributed by atoms with Crippen molar-refractivity contribution in [2.75, 3.05) is 33.2 Å². The van der Waals surface area contributed by atoms with E-state index in [1.807, 2.05) is 6.07 Å². The first-order valence-corrected chi connectivity index (χ1v) is 6.74. The number of carbonyl (C=O) groups is 1. The Morgan fingerprint density at radius 2 is 2.12 bits per heavy atom. The topological polar surface area (TPSA) is 49.6 Å². The number of halogens is 1. The second-order valence-electron chi connectivity index (χ2n) is 4.33. The number of thiophene rings is 1. The minimum Gasteiger partial charge on any atom is -0.365 e. The zero-order valence-corrected chi connectivity index (χ0v) is 11.4. The lowest BCUT2D eigenvalue weighted by atomic mass is 10.3. The van der Waals surface area contributed by atoms with Gasteiger partial charge in [-0.15, -0.1) is 11.3 Å². The van der Waals surface area contributed by atoms with Gasteiger partial charge < -0.3 is 10.6 Å². The van der Waals surface area contributed by atoms with Crippen LogP contribution in [0.25, 0.3) is 0 Å². The Morgan fingerprint density at radius 3 is 2.65 bits per heavy atom. The van der Waals surface area contributed by atoms with E-state index < -0.39 is 5.91 Å². The molecule has 1 aliphatic rings. The maximum Gasteiger partial charge on any atom is 0.260 e. The van der Waals surface area contributed by atoms with Crippen LogP contribution in [0.3, 0.4) is 0 Å². The number of amides is 1. The van der Waals surface area contributed by atoms with E-state index in [2.05, 4.69) is 16.8 Å². The molecule has 1 aromatic rings. The van der Waals surface area contributed by atoms with E-state index in [4.69, 9.17) is 17.3 Å². The molecule has 2 heterocycles. The molecule has 1 aromatic heterocycles. The van der Waals surface area contributed by atoms with Gasteiger partial charge in [0.1, 0.15) is 4.88 Å². The van der Waals surface area contributed by atoms with Crippen LogP contribution >= 0.6 is 22.9 Å². The summed E-state index contributed by atoms with van der Waals surface area (Å²) in [6.45, 7) is 5.13. The number of primary amides is 1. The van der Waals surface area contributed by atoms with Gasteiger partial charge in [0.05, 0.1) is 5.02 Å². The smallest absolute Gasteiger partial charge is 0.260 e. The Hall–Kier alpha value is -0.620. The Labute approximate surface area is 110 Å². The van der Waals surface area contributed by atoms with Gasteiger partial charge in [-0.2, -0.15) is 0 Å². The zero-order valence-electron chi connectivity index (χ0n) is 9.78. The van der Waals surface area contributed by atoms with Crippen LogP contribution < -0.4 is 5.73 Å². The van der Waals surface area contributed by atoms with Crippen molar-refractivity contribution in [1.82, 2.24) is 9.80 Å². The number of carbonyl (C=O) groups excluding carboxylic acids is 1. The second-order valence-corrected chi connectivity index (χ2v) is 5.88. The molecule has 0 bridgehead atoms. The molecule has 1 amide bonds. The fraction of sp³-hybridized carbons (Fsp3) is 0.545. The highest BCUT2D eigenvalue weighted by Crippen LogP contribution is 2.27. The molecule has 0 saturated carbocycles. The summed E-state index contributed by atoms with van der Waals surface area (Å²) >= 11 is 7.36. The Morgan fingerprint density at radius 1 is 1.47 bits per heavy atom. The highest BCUT2D eigenvalue weighted by atomic mass is 35.5. The van der Waals surface area contributed by atoms with E-state index in [1.54, 1.807) is 0 Å². The molecule has 0 radical (unpaired) electrons. The van der Waals surface area contributed by atoms with Gasteiger partial charge in [-0.05, 0) is 13.1 Å². The first-order chi connectivity index (χ1) is 8.06. The highest BCUT2D eigenvalue weighted by molar-refractivity contribution is 7.14. The number of hydrogen-bond donors (Lipinski definition) is 1. The Balaban J connectivity index is 1.99. The fourth-order valence-electron chi connectivity index (χ4n) is 1.89. The lowest BCUT2D eigenvalue weighted by Crippen LogP contribution is -2.43. The van der Waals surface area contributed by atoms with Crippen molar-refractivity contribution >= 4 is 28.8 Å². The van der Waals surface area contributed by atoms with Gasteiger partial charge in [0.15, 0.2) is 0 Å². The monoisotopic (exact) mass is 273 g/mol. The van der Waals surface area contributed by atoms with Crippen molar-refractivity contribution in [2.24, 2.45) is 5.73 Å². The standard InChI is InChI=1S/C11H16ClN3OS/c1-14-2-4-15(5-3-14)7-8-6-9(12)10(17-8)11(13)16/h6H,2-5,7H2,1H3,(H2,13,16). The van der Waals surface area contributed by atoms with Crippen molar-refractivity contribution < 1.29 is 4.79 Å². The third-order valence-corrected chi connectivity index (χ3v) is 4.48. The normalized spacial score (nSPS) is 18.5. The summed E-state index contributed by atoms with van der Waals surface area (Å²) in [5, 5.41) is 0.478. The third kappa shape index (κ3) is 3.19. The van der Waals surface area contributed by atoms with Crippen LogP contribution in [0.15, 0.2) is 6.07 Å². The molecular weight excluding hydrogens is 258 g/mol. The van der Waals surface area contributed by atoms with Gasteiger partial charge in [-0.25, -0.2) is 0 Å². The number of piperazine rings is 1. The number of likely N-dealkylation sites (N-methyl/N-ethyl adjacent to an activating group) is 1. The minimum atomic E-state index is -0.440. The second kappa shape index (κ2) is 5.35. The Kier molecular flexibility index (Phi) is 4.04. The highest BCUT2D eigenvalue weighted by Gasteiger charge is 2.17. The lowest BCUT2D eigenvalue weighted by Gasteiger charge is -2.31. The van der Waals surface area contributed by atoms with Gasteiger partial charge in [-0.3, -0.25) is 9.69 Å². The predicted molar refractivity (Wildman–Crippen MR) is 70.6 cm³/mol. The van der Waals surface area contributed by atoms with Crippen molar-refractivity contribution in [3.63, 3.8) is 0 Å². The molecular formula is C11H16ClN3OS. The molecule has 6 heteroatoms. The summed E-state index contributed by atoms with van der Waals surface area (Å²) in [5.74, 6) is -0.440. The van der Waals surface area contributed by atoms with E-state index >= 15 is 0 Å². The largest absolute Gasteiger partial charge is 0.365 e.